The van der Waals surface area contributed by atoms with Gasteiger partial charge in [-0.15, -0.1) is 0 Å². The lowest BCUT2D eigenvalue weighted by molar-refractivity contribution is 0.660. The van der Waals surface area contributed by atoms with Gasteiger partial charge in [0, 0.05) is 50.0 Å². The van der Waals surface area contributed by atoms with E-state index in [1.807, 2.05) is 0 Å². The number of nitrogens with zero attached hydrogens (tertiary/aromatic N) is 4. The van der Waals surface area contributed by atoms with Gasteiger partial charge in [0.15, 0.2) is 0 Å². The Kier molecular flexibility index (Phi) is 8.62. The van der Waals surface area contributed by atoms with Gasteiger partial charge >= 0.3 is 0 Å². The zero-order valence-electron chi connectivity index (χ0n) is 35.3. The Hall–Kier alpha value is -7.82. The third-order valence-electron chi connectivity index (χ3n) is 13.4. The van der Waals surface area contributed by atoms with Crippen molar-refractivity contribution in [1.82, 2.24) is 14.5 Å². The van der Waals surface area contributed by atoms with Crippen LogP contribution in [0.15, 0.2) is 212 Å². The van der Waals surface area contributed by atoms with Crippen molar-refractivity contribution in [2.24, 2.45) is 0 Å². The van der Waals surface area contributed by atoms with Crippen LogP contribution in [-0.2, 0) is 5.41 Å². The molecule has 2 aliphatic rings. The third kappa shape index (κ3) is 6.05. The lowest BCUT2D eigenvalue weighted by Gasteiger charge is -2.28. The molecular weight excluding hydrogens is 765 g/mol. The molecule has 4 heteroatoms. The van der Waals surface area contributed by atoms with E-state index in [-0.39, 0.29) is 5.41 Å². The van der Waals surface area contributed by atoms with E-state index in [0.717, 1.165) is 51.2 Å². The smallest absolute Gasteiger partial charge is 0.235 e. The molecule has 0 saturated carbocycles. The van der Waals surface area contributed by atoms with Crippen molar-refractivity contribution in [2.75, 3.05) is 4.90 Å². The average molecular weight is 809 g/mol. The number of hydrogen-bond acceptors (Lipinski definition) is 3. The van der Waals surface area contributed by atoms with Gasteiger partial charge in [-0.1, -0.05) is 172 Å². The van der Waals surface area contributed by atoms with Crippen LogP contribution in [0.5, 0.6) is 0 Å². The summed E-state index contributed by atoms with van der Waals surface area (Å²) in [6, 6.07) is 68.0. The first-order valence-corrected chi connectivity index (χ1v) is 21.9. The fraction of sp³-hybridized carbons (Fsp3) is 0.0847. The molecule has 0 spiro atoms. The fourth-order valence-corrected chi connectivity index (χ4v) is 10.2. The first-order chi connectivity index (χ1) is 31.0. The van der Waals surface area contributed by atoms with Gasteiger partial charge in [-0.3, -0.25) is 4.90 Å². The molecule has 0 fully saturated rings. The molecule has 0 amide bonds. The molecular formula is C59H44N4. The van der Waals surface area contributed by atoms with E-state index in [0.29, 0.717) is 11.9 Å². The lowest BCUT2D eigenvalue weighted by Crippen LogP contribution is -2.17. The summed E-state index contributed by atoms with van der Waals surface area (Å²) in [6.45, 7) is 4.66. The predicted octanol–water partition coefficient (Wildman–Crippen LogP) is 15.4. The fourth-order valence-electron chi connectivity index (χ4n) is 10.2. The van der Waals surface area contributed by atoms with E-state index in [2.05, 4.69) is 236 Å². The SMILES string of the molecule is CC1(C)c2ccccc2-c2c(N(c3ccc(-c4ccccc4)cc3)c3nc(-c4ccc(-n5c6ccccc6c6cc(C7C=CC=CC7)ccc65)cc4)c4ccccc4n3)cccc21. The van der Waals surface area contributed by atoms with Crippen LogP contribution in [0.3, 0.4) is 0 Å². The minimum absolute atomic E-state index is 0.162. The summed E-state index contributed by atoms with van der Waals surface area (Å²) in [5.41, 5.74) is 17.0. The maximum Gasteiger partial charge on any atom is 0.235 e. The Morgan fingerprint density at radius 1 is 0.556 bits per heavy atom. The Labute approximate surface area is 367 Å². The molecule has 0 bridgehead atoms. The van der Waals surface area contributed by atoms with Crippen molar-refractivity contribution in [1.29, 1.82) is 0 Å². The molecule has 12 rings (SSSR count). The number of allylic oxidation sites excluding steroid dienone is 4. The van der Waals surface area contributed by atoms with Crippen LogP contribution in [0, 0.1) is 0 Å². The van der Waals surface area contributed by atoms with Gasteiger partial charge in [0.2, 0.25) is 5.95 Å². The Balaban J connectivity index is 1.02. The summed E-state index contributed by atoms with van der Waals surface area (Å²) < 4.78 is 2.40. The van der Waals surface area contributed by atoms with E-state index < -0.39 is 0 Å². The zero-order valence-corrected chi connectivity index (χ0v) is 35.3. The second-order valence-electron chi connectivity index (χ2n) is 17.3. The molecule has 1 atom stereocenters. The highest BCUT2D eigenvalue weighted by atomic mass is 15.3. The topological polar surface area (TPSA) is 34.0 Å². The molecule has 2 aromatic heterocycles. The summed E-state index contributed by atoms with van der Waals surface area (Å²) in [5.74, 6) is 1.01. The quantitative estimate of drug-likeness (QED) is 0.161. The summed E-state index contributed by atoms with van der Waals surface area (Å²) in [6.07, 6.45) is 9.91. The molecule has 0 radical (unpaired) electrons. The maximum atomic E-state index is 5.57. The van der Waals surface area contributed by atoms with E-state index >= 15 is 0 Å². The molecule has 63 heavy (non-hydrogen) atoms. The largest absolute Gasteiger partial charge is 0.309 e. The summed E-state index contributed by atoms with van der Waals surface area (Å²) >= 11 is 0. The number of anilines is 3. The van der Waals surface area contributed by atoms with Crippen molar-refractivity contribution < 1.29 is 0 Å². The number of aromatic nitrogens is 3. The number of rotatable bonds is 7. The van der Waals surface area contributed by atoms with Crippen molar-refractivity contribution in [3.63, 3.8) is 0 Å². The van der Waals surface area contributed by atoms with Gasteiger partial charge in [0.05, 0.1) is 27.9 Å². The molecule has 1 unspecified atom stereocenters. The monoisotopic (exact) mass is 808 g/mol. The van der Waals surface area contributed by atoms with Crippen molar-refractivity contribution in [3.8, 4) is 39.2 Å². The number of fused-ring (bicyclic) bond motifs is 7. The van der Waals surface area contributed by atoms with Gasteiger partial charge in [-0.25, -0.2) is 9.97 Å². The zero-order chi connectivity index (χ0) is 42.1. The second-order valence-corrected chi connectivity index (χ2v) is 17.3. The van der Waals surface area contributed by atoms with Gasteiger partial charge in [-0.05, 0) is 94.4 Å². The van der Waals surface area contributed by atoms with Crippen LogP contribution in [0.2, 0.25) is 0 Å². The molecule has 10 aromatic rings. The highest BCUT2D eigenvalue weighted by molar-refractivity contribution is 6.09. The molecule has 2 aliphatic carbocycles. The van der Waals surface area contributed by atoms with Crippen LogP contribution < -0.4 is 4.90 Å². The minimum atomic E-state index is -0.162. The minimum Gasteiger partial charge on any atom is -0.309 e. The Bertz CT molecular complexity index is 3450. The lowest BCUT2D eigenvalue weighted by atomic mass is 9.82. The van der Waals surface area contributed by atoms with E-state index in [1.54, 1.807) is 0 Å². The molecule has 0 saturated heterocycles. The number of para-hydroxylation sites is 2. The van der Waals surface area contributed by atoms with Crippen LogP contribution in [0.25, 0.3) is 71.9 Å². The highest BCUT2D eigenvalue weighted by Gasteiger charge is 2.38. The first-order valence-electron chi connectivity index (χ1n) is 21.9. The maximum absolute atomic E-state index is 5.57. The molecule has 0 N–H and O–H groups in total. The third-order valence-corrected chi connectivity index (χ3v) is 13.4. The molecule has 4 nitrogen and oxygen atoms in total. The molecule has 0 aliphatic heterocycles. The Morgan fingerprint density at radius 3 is 2.08 bits per heavy atom. The Morgan fingerprint density at radius 2 is 1.25 bits per heavy atom. The number of benzene rings is 8. The van der Waals surface area contributed by atoms with Gasteiger partial charge in [0.1, 0.15) is 0 Å². The highest BCUT2D eigenvalue weighted by Crippen LogP contribution is 2.54. The van der Waals surface area contributed by atoms with E-state index in [1.165, 1.54) is 55.2 Å². The summed E-state index contributed by atoms with van der Waals surface area (Å²) in [5, 5.41) is 3.54. The van der Waals surface area contributed by atoms with Crippen molar-refractivity contribution in [2.45, 2.75) is 31.6 Å². The van der Waals surface area contributed by atoms with Crippen LogP contribution in [-0.4, -0.2) is 14.5 Å². The molecule has 300 valence electrons. The van der Waals surface area contributed by atoms with Gasteiger partial charge < -0.3 is 4.57 Å². The summed E-state index contributed by atoms with van der Waals surface area (Å²) in [4.78, 5) is 13.2. The van der Waals surface area contributed by atoms with Crippen LogP contribution in [0.4, 0.5) is 17.3 Å². The first kappa shape index (κ1) is 37.0. The normalized spacial score (nSPS) is 14.9. The average Bonchev–Trinajstić information content (AvgIpc) is 3.80. The van der Waals surface area contributed by atoms with E-state index in [9.17, 15) is 0 Å². The van der Waals surface area contributed by atoms with Crippen LogP contribution in [0.1, 0.15) is 42.9 Å². The predicted molar refractivity (Wildman–Crippen MR) is 263 cm³/mol. The van der Waals surface area contributed by atoms with E-state index in [4.69, 9.17) is 9.97 Å². The second kappa shape index (κ2) is 14.7. The summed E-state index contributed by atoms with van der Waals surface area (Å²) in [7, 11) is 0. The number of hydrogen-bond donors (Lipinski definition) is 0. The standard InChI is InChI=1S/C59H44N4/c1-59(2)50-23-12-9-21-47(50)56-51(59)24-15-27-55(56)63(45-33-28-41(29-34-45)39-16-5-3-6-17-39)58-60-52-25-13-10-22-48(52)57(61-58)42-30-35-44(36-31-42)62-53-26-14-11-20-46(53)49-38-43(32-37-54(49)62)40-18-7-4-8-19-40/h3-18,20-38,40H,19H2,1-2H3. The van der Waals surface area contributed by atoms with Gasteiger partial charge in [-0.2, -0.15) is 0 Å². The molecule has 8 aromatic carbocycles. The van der Waals surface area contributed by atoms with Crippen molar-refractivity contribution in [3.05, 3.63) is 229 Å². The molecule has 2 heterocycles. The van der Waals surface area contributed by atoms with Gasteiger partial charge in [0.25, 0.3) is 0 Å². The van der Waals surface area contributed by atoms with Crippen molar-refractivity contribution >= 4 is 50.0 Å². The van der Waals surface area contributed by atoms with Crippen LogP contribution >= 0.6 is 0 Å².